The van der Waals surface area contributed by atoms with Crippen LogP contribution in [0.25, 0.3) is 11.1 Å². The molecule has 0 bridgehead atoms. The Hall–Kier alpha value is -2.79. The van der Waals surface area contributed by atoms with Crippen LogP contribution in [0, 0.1) is 11.6 Å². The van der Waals surface area contributed by atoms with Gasteiger partial charge in [-0.1, -0.05) is 6.07 Å². The van der Waals surface area contributed by atoms with E-state index in [2.05, 4.69) is 23.0 Å². The van der Waals surface area contributed by atoms with Gasteiger partial charge in [-0.25, -0.2) is 8.78 Å². The lowest BCUT2D eigenvalue weighted by Gasteiger charge is -2.25. The molecule has 0 fully saturated rings. The fourth-order valence-electron chi connectivity index (χ4n) is 3.42. The Kier molecular flexibility index (Phi) is 4.39. The average molecular weight is 351 g/mol. The number of hydrogen-bond acceptors (Lipinski definition) is 3. The van der Waals surface area contributed by atoms with Gasteiger partial charge in [0, 0.05) is 49.5 Å². The molecular formula is C21H19F2N3. The van der Waals surface area contributed by atoms with Crippen molar-refractivity contribution >= 4 is 11.4 Å². The van der Waals surface area contributed by atoms with Crippen LogP contribution < -0.4 is 4.90 Å². The first-order valence-electron chi connectivity index (χ1n) is 8.56. The second kappa shape index (κ2) is 6.84. The standard InChI is InChI=1S/C21H19F2N3/c1-25-8-9-26(20-12-18(22)11-19(23)13-20)21-3-2-16(10-17(21)14-25)15-4-6-24-7-5-15/h2-7,10-13H,8-9,14H2,1H3. The number of pyridine rings is 1. The van der Waals surface area contributed by atoms with Gasteiger partial charge in [0.25, 0.3) is 0 Å². The van der Waals surface area contributed by atoms with Crippen LogP contribution in [0.4, 0.5) is 20.2 Å². The molecule has 26 heavy (non-hydrogen) atoms. The molecule has 2 aromatic carbocycles. The summed E-state index contributed by atoms with van der Waals surface area (Å²) < 4.78 is 27.5. The molecule has 0 aliphatic carbocycles. The quantitative estimate of drug-likeness (QED) is 0.672. The fourth-order valence-corrected chi connectivity index (χ4v) is 3.42. The third kappa shape index (κ3) is 3.30. The number of nitrogens with zero attached hydrogens (tertiary/aromatic N) is 3. The van der Waals surface area contributed by atoms with E-state index >= 15 is 0 Å². The molecule has 0 unspecified atom stereocenters. The lowest BCUT2D eigenvalue weighted by Crippen LogP contribution is -2.26. The summed E-state index contributed by atoms with van der Waals surface area (Å²) >= 11 is 0. The number of rotatable bonds is 2. The van der Waals surface area contributed by atoms with E-state index in [0.29, 0.717) is 12.2 Å². The Labute approximate surface area is 151 Å². The summed E-state index contributed by atoms with van der Waals surface area (Å²) in [6.45, 7) is 2.25. The van der Waals surface area contributed by atoms with Crippen LogP contribution in [0.1, 0.15) is 5.56 Å². The number of halogens is 2. The van der Waals surface area contributed by atoms with E-state index in [1.807, 2.05) is 29.2 Å². The van der Waals surface area contributed by atoms with E-state index in [-0.39, 0.29) is 0 Å². The van der Waals surface area contributed by atoms with Crippen LogP contribution in [-0.2, 0) is 6.54 Å². The van der Waals surface area contributed by atoms with Gasteiger partial charge in [-0.2, -0.15) is 0 Å². The van der Waals surface area contributed by atoms with Gasteiger partial charge in [-0.05, 0) is 60.1 Å². The third-order valence-electron chi connectivity index (χ3n) is 4.69. The largest absolute Gasteiger partial charge is 0.340 e. The molecule has 0 atom stereocenters. The summed E-state index contributed by atoms with van der Waals surface area (Å²) in [5.74, 6) is -1.12. The van der Waals surface area contributed by atoms with Gasteiger partial charge in [-0.3, -0.25) is 4.98 Å². The van der Waals surface area contributed by atoms with Crippen LogP contribution in [0.2, 0.25) is 0 Å². The SMILES string of the molecule is CN1CCN(c2cc(F)cc(F)c2)c2ccc(-c3ccncc3)cc2C1. The molecular weight excluding hydrogens is 332 g/mol. The van der Waals surface area contributed by atoms with E-state index in [4.69, 9.17) is 0 Å². The van der Waals surface area contributed by atoms with Crippen LogP contribution in [0.15, 0.2) is 60.9 Å². The third-order valence-corrected chi connectivity index (χ3v) is 4.69. The molecule has 132 valence electrons. The van der Waals surface area contributed by atoms with Gasteiger partial charge in [0.05, 0.1) is 0 Å². The molecule has 4 rings (SSSR count). The van der Waals surface area contributed by atoms with Gasteiger partial charge in [0.1, 0.15) is 11.6 Å². The lowest BCUT2D eigenvalue weighted by molar-refractivity contribution is 0.343. The zero-order chi connectivity index (χ0) is 18.1. The Morgan fingerprint density at radius 3 is 2.31 bits per heavy atom. The monoisotopic (exact) mass is 351 g/mol. The average Bonchev–Trinajstić information content (AvgIpc) is 2.79. The molecule has 5 heteroatoms. The minimum atomic E-state index is -0.562. The molecule has 2 heterocycles. The van der Waals surface area contributed by atoms with Crippen molar-refractivity contribution in [3.8, 4) is 11.1 Å². The molecule has 1 aliphatic heterocycles. The van der Waals surface area contributed by atoms with Crippen LogP contribution in [0.3, 0.4) is 0 Å². The zero-order valence-electron chi connectivity index (χ0n) is 14.5. The second-order valence-electron chi connectivity index (χ2n) is 6.60. The van der Waals surface area contributed by atoms with E-state index in [1.165, 1.54) is 12.1 Å². The maximum absolute atomic E-state index is 13.7. The first-order chi connectivity index (χ1) is 12.6. The highest BCUT2D eigenvalue weighted by Gasteiger charge is 2.20. The number of hydrogen-bond donors (Lipinski definition) is 0. The van der Waals surface area contributed by atoms with Gasteiger partial charge in [0.15, 0.2) is 0 Å². The first-order valence-corrected chi connectivity index (χ1v) is 8.56. The Bertz CT molecular complexity index is 908. The van der Waals surface area contributed by atoms with Gasteiger partial charge in [-0.15, -0.1) is 0 Å². The van der Waals surface area contributed by atoms with Crippen molar-refractivity contribution in [2.75, 3.05) is 25.0 Å². The molecule has 0 saturated carbocycles. The predicted molar refractivity (Wildman–Crippen MR) is 99.4 cm³/mol. The number of benzene rings is 2. The van der Waals surface area contributed by atoms with Crippen molar-refractivity contribution in [2.24, 2.45) is 0 Å². The minimum absolute atomic E-state index is 0.538. The Morgan fingerprint density at radius 2 is 1.58 bits per heavy atom. The molecule has 1 aliphatic rings. The van der Waals surface area contributed by atoms with Crippen LogP contribution >= 0.6 is 0 Å². The minimum Gasteiger partial charge on any atom is -0.340 e. The first kappa shape index (κ1) is 16.7. The summed E-state index contributed by atoms with van der Waals surface area (Å²) in [6.07, 6.45) is 3.55. The maximum Gasteiger partial charge on any atom is 0.128 e. The number of fused-ring (bicyclic) bond motifs is 1. The highest BCUT2D eigenvalue weighted by Crippen LogP contribution is 2.34. The molecule has 3 nitrogen and oxygen atoms in total. The van der Waals surface area contributed by atoms with Crippen molar-refractivity contribution in [1.29, 1.82) is 0 Å². The van der Waals surface area contributed by atoms with Crippen molar-refractivity contribution < 1.29 is 8.78 Å². The molecule has 1 aromatic heterocycles. The fraction of sp³-hybridized carbons (Fsp3) is 0.190. The van der Waals surface area contributed by atoms with Gasteiger partial charge in [0.2, 0.25) is 0 Å². The second-order valence-corrected chi connectivity index (χ2v) is 6.60. The van der Waals surface area contributed by atoms with E-state index < -0.39 is 11.6 Å². The lowest BCUT2D eigenvalue weighted by atomic mass is 10.0. The van der Waals surface area contributed by atoms with Crippen LogP contribution in [0.5, 0.6) is 0 Å². The van der Waals surface area contributed by atoms with Crippen molar-refractivity contribution in [2.45, 2.75) is 6.54 Å². The van der Waals surface area contributed by atoms with E-state index in [1.54, 1.807) is 12.4 Å². The number of aromatic nitrogens is 1. The number of likely N-dealkylation sites (N-methyl/N-ethyl adjacent to an activating group) is 1. The summed E-state index contributed by atoms with van der Waals surface area (Å²) in [6, 6.07) is 13.8. The summed E-state index contributed by atoms with van der Waals surface area (Å²) in [4.78, 5) is 8.27. The van der Waals surface area contributed by atoms with E-state index in [0.717, 1.165) is 41.5 Å². The van der Waals surface area contributed by atoms with E-state index in [9.17, 15) is 8.78 Å². The van der Waals surface area contributed by atoms with Crippen molar-refractivity contribution in [3.05, 3.63) is 78.1 Å². The zero-order valence-corrected chi connectivity index (χ0v) is 14.5. The van der Waals surface area contributed by atoms with Crippen LogP contribution in [-0.4, -0.2) is 30.0 Å². The Balaban J connectivity index is 1.80. The Morgan fingerprint density at radius 1 is 0.846 bits per heavy atom. The topological polar surface area (TPSA) is 19.4 Å². The molecule has 0 saturated heterocycles. The number of anilines is 2. The summed E-state index contributed by atoms with van der Waals surface area (Å²) in [5.41, 5.74) is 4.85. The smallest absolute Gasteiger partial charge is 0.128 e. The summed E-state index contributed by atoms with van der Waals surface area (Å²) in [5, 5.41) is 0. The maximum atomic E-state index is 13.7. The highest BCUT2D eigenvalue weighted by molar-refractivity contribution is 5.73. The highest BCUT2D eigenvalue weighted by atomic mass is 19.1. The van der Waals surface area contributed by atoms with Gasteiger partial charge < -0.3 is 9.80 Å². The summed E-state index contributed by atoms with van der Waals surface area (Å²) in [7, 11) is 2.05. The molecule has 3 aromatic rings. The molecule has 0 N–H and O–H groups in total. The molecule has 0 radical (unpaired) electrons. The molecule has 0 spiro atoms. The van der Waals surface area contributed by atoms with Gasteiger partial charge >= 0.3 is 0 Å². The molecule has 0 amide bonds. The predicted octanol–water partition coefficient (Wildman–Crippen LogP) is 4.61. The normalized spacial score (nSPS) is 14.8. The van der Waals surface area contributed by atoms with Crippen molar-refractivity contribution in [1.82, 2.24) is 9.88 Å². The van der Waals surface area contributed by atoms with Crippen molar-refractivity contribution in [3.63, 3.8) is 0 Å².